The number of amides is 1. The molecule has 1 aromatic rings. The van der Waals surface area contributed by atoms with E-state index in [0.717, 1.165) is 12.0 Å². The van der Waals surface area contributed by atoms with Gasteiger partial charge in [-0.15, -0.1) is 0 Å². The molecule has 1 fully saturated rings. The van der Waals surface area contributed by atoms with Crippen molar-refractivity contribution in [1.29, 1.82) is 0 Å². The first-order valence-corrected chi connectivity index (χ1v) is 9.65. The van der Waals surface area contributed by atoms with Crippen molar-refractivity contribution in [1.82, 2.24) is 5.32 Å². The van der Waals surface area contributed by atoms with Crippen LogP contribution in [0.4, 0.5) is 0 Å². The second kappa shape index (κ2) is 8.64. The fraction of sp³-hybridized carbons (Fsp3) is 0.636. The highest BCUT2D eigenvalue weighted by molar-refractivity contribution is 5.89. The number of hydrogen-bond donors (Lipinski definition) is 1. The Balaban J connectivity index is 2.12. The van der Waals surface area contributed by atoms with Crippen LogP contribution in [0.1, 0.15) is 53.0 Å². The Bertz CT molecular complexity index is 579. The standard InChI is InChI=1S/C22H33NO2/c1-14(2)11-19(24)21-18(12-16(5)20(21)15(3)4)22(25)23-13-17-9-7-6-8-10-17/h6-10,14-16,18,20-21H,11-13H2,1-5H3,(H,23,25). The molecule has 3 heteroatoms. The van der Waals surface area contributed by atoms with Crippen molar-refractivity contribution in [3.05, 3.63) is 35.9 Å². The van der Waals surface area contributed by atoms with E-state index in [0.29, 0.717) is 36.6 Å². The number of rotatable bonds is 7. The molecule has 1 N–H and O–H groups in total. The molecule has 138 valence electrons. The molecule has 0 aliphatic heterocycles. The number of carbonyl (C=O) groups is 2. The van der Waals surface area contributed by atoms with Gasteiger partial charge in [0, 0.05) is 24.8 Å². The third-order valence-corrected chi connectivity index (χ3v) is 5.53. The van der Waals surface area contributed by atoms with Gasteiger partial charge in [-0.2, -0.15) is 0 Å². The molecular weight excluding hydrogens is 310 g/mol. The Morgan fingerprint density at radius 2 is 1.76 bits per heavy atom. The van der Waals surface area contributed by atoms with Crippen molar-refractivity contribution in [2.75, 3.05) is 0 Å². The van der Waals surface area contributed by atoms with Gasteiger partial charge in [0.25, 0.3) is 0 Å². The number of hydrogen-bond acceptors (Lipinski definition) is 2. The molecule has 1 aliphatic rings. The summed E-state index contributed by atoms with van der Waals surface area (Å²) in [5.74, 6) is 1.48. The second-order valence-electron chi connectivity index (χ2n) is 8.43. The highest BCUT2D eigenvalue weighted by Crippen LogP contribution is 2.46. The van der Waals surface area contributed by atoms with E-state index in [9.17, 15) is 9.59 Å². The molecule has 1 saturated carbocycles. The molecule has 4 unspecified atom stereocenters. The van der Waals surface area contributed by atoms with Gasteiger partial charge in [0.2, 0.25) is 5.91 Å². The van der Waals surface area contributed by atoms with E-state index in [1.807, 2.05) is 30.3 Å². The van der Waals surface area contributed by atoms with E-state index in [-0.39, 0.29) is 23.5 Å². The predicted octanol–water partition coefficient (Wildman–Crippen LogP) is 4.46. The van der Waals surface area contributed by atoms with Crippen LogP contribution in [0.15, 0.2) is 30.3 Å². The normalized spacial score (nSPS) is 26.2. The first kappa shape index (κ1) is 19.7. The smallest absolute Gasteiger partial charge is 0.224 e. The molecule has 0 aromatic heterocycles. The van der Waals surface area contributed by atoms with Crippen molar-refractivity contribution in [2.24, 2.45) is 35.5 Å². The minimum Gasteiger partial charge on any atom is -0.352 e. The first-order chi connectivity index (χ1) is 11.8. The molecule has 1 amide bonds. The van der Waals surface area contributed by atoms with Crippen LogP contribution in [0.2, 0.25) is 0 Å². The zero-order valence-electron chi connectivity index (χ0n) is 16.3. The third kappa shape index (κ3) is 4.93. The lowest BCUT2D eigenvalue weighted by atomic mass is 9.75. The maximum absolute atomic E-state index is 12.9. The van der Waals surface area contributed by atoms with Gasteiger partial charge in [-0.3, -0.25) is 9.59 Å². The van der Waals surface area contributed by atoms with Crippen LogP contribution in [0.25, 0.3) is 0 Å². The Morgan fingerprint density at radius 3 is 2.32 bits per heavy atom. The van der Waals surface area contributed by atoms with Gasteiger partial charge >= 0.3 is 0 Å². The Labute approximate surface area is 152 Å². The average Bonchev–Trinajstić information content (AvgIpc) is 2.90. The molecule has 4 atom stereocenters. The highest BCUT2D eigenvalue weighted by Gasteiger charge is 2.48. The average molecular weight is 344 g/mol. The van der Waals surface area contributed by atoms with Gasteiger partial charge in [-0.1, -0.05) is 65.0 Å². The third-order valence-electron chi connectivity index (χ3n) is 5.53. The van der Waals surface area contributed by atoms with Crippen molar-refractivity contribution >= 4 is 11.7 Å². The number of carbonyl (C=O) groups excluding carboxylic acids is 2. The Morgan fingerprint density at radius 1 is 1.12 bits per heavy atom. The summed E-state index contributed by atoms with van der Waals surface area (Å²) in [6.45, 7) is 11.2. The highest BCUT2D eigenvalue weighted by atomic mass is 16.2. The van der Waals surface area contributed by atoms with Crippen LogP contribution in [0.5, 0.6) is 0 Å². The maximum atomic E-state index is 12.9. The topological polar surface area (TPSA) is 46.2 Å². The Hall–Kier alpha value is -1.64. The molecule has 0 heterocycles. The summed E-state index contributed by atoms with van der Waals surface area (Å²) in [7, 11) is 0. The fourth-order valence-corrected chi connectivity index (χ4v) is 4.56. The van der Waals surface area contributed by atoms with Crippen LogP contribution < -0.4 is 5.32 Å². The molecule has 1 aliphatic carbocycles. The summed E-state index contributed by atoms with van der Waals surface area (Å²) in [6, 6.07) is 9.94. The van der Waals surface area contributed by atoms with E-state index in [2.05, 4.69) is 39.9 Å². The van der Waals surface area contributed by atoms with Gasteiger partial charge < -0.3 is 5.32 Å². The van der Waals surface area contributed by atoms with Gasteiger partial charge in [-0.25, -0.2) is 0 Å². The molecule has 3 nitrogen and oxygen atoms in total. The molecule has 0 spiro atoms. The summed E-state index contributed by atoms with van der Waals surface area (Å²) < 4.78 is 0. The zero-order chi connectivity index (χ0) is 18.6. The van der Waals surface area contributed by atoms with E-state index in [4.69, 9.17) is 0 Å². The van der Waals surface area contributed by atoms with Gasteiger partial charge in [0.1, 0.15) is 5.78 Å². The number of ketones is 1. The van der Waals surface area contributed by atoms with Crippen LogP contribution in [0.3, 0.4) is 0 Å². The van der Waals surface area contributed by atoms with E-state index in [1.54, 1.807) is 0 Å². The van der Waals surface area contributed by atoms with Crippen molar-refractivity contribution in [3.8, 4) is 0 Å². The largest absolute Gasteiger partial charge is 0.352 e. The molecule has 25 heavy (non-hydrogen) atoms. The molecular formula is C22H33NO2. The number of Topliss-reactive ketones (excluding diaryl/α,β-unsaturated/α-hetero) is 1. The maximum Gasteiger partial charge on any atom is 0.224 e. The SMILES string of the molecule is CC(C)CC(=O)C1C(C(=O)NCc2ccccc2)CC(C)C1C(C)C. The van der Waals surface area contributed by atoms with Gasteiger partial charge in [-0.05, 0) is 35.7 Å². The van der Waals surface area contributed by atoms with Crippen LogP contribution in [-0.2, 0) is 16.1 Å². The lowest BCUT2D eigenvalue weighted by Gasteiger charge is -2.28. The first-order valence-electron chi connectivity index (χ1n) is 9.65. The lowest BCUT2D eigenvalue weighted by molar-refractivity contribution is -0.134. The van der Waals surface area contributed by atoms with E-state index < -0.39 is 0 Å². The van der Waals surface area contributed by atoms with E-state index in [1.165, 1.54) is 0 Å². The molecule has 1 aromatic carbocycles. The fourth-order valence-electron chi connectivity index (χ4n) is 4.56. The number of nitrogens with one attached hydrogen (secondary N) is 1. The quantitative estimate of drug-likeness (QED) is 0.794. The monoisotopic (exact) mass is 343 g/mol. The minimum atomic E-state index is -0.183. The minimum absolute atomic E-state index is 0.0426. The van der Waals surface area contributed by atoms with Crippen LogP contribution in [0, 0.1) is 35.5 Å². The van der Waals surface area contributed by atoms with E-state index >= 15 is 0 Å². The van der Waals surface area contributed by atoms with Crippen molar-refractivity contribution < 1.29 is 9.59 Å². The summed E-state index contributed by atoms with van der Waals surface area (Å²) in [5.41, 5.74) is 1.09. The lowest BCUT2D eigenvalue weighted by Crippen LogP contribution is -2.38. The molecule has 2 rings (SSSR count). The zero-order valence-corrected chi connectivity index (χ0v) is 16.3. The molecule has 0 radical (unpaired) electrons. The van der Waals surface area contributed by atoms with Gasteiger partial charge in [0.15, 0.2) is 0 Å². The second-order valence-corrected chi connectivity index (χ2v) is 8.43. The summed E-state index contributed by atoms with van der Waals surface area (Å²) in [4.78, 5) is 25.8. The van der Waals surface area contributed by atoms with Crippen LogP contribution >= 0.6 is 0 Å². The summed E-state index contributed by atoms with van der Waals surface area (Å²) in [6.07, 6.45) is 1.39. The van der Waals surface area contributed by atoms with Gasteiger partial charge in [0.05, 0.1) is 0 Å². The number of benzene rings is 1. The summed E-state index contributed by atoms with van der Waals surface area (Å²) >= 11 is 0. The van der Waals surface area contributed by atoms with Crippen molar-refractivity contribution in [3.63, 3.8) is 0 Å². The predicted molar refractivity (Wildman–Crippen MR) is 102 cm³/mol. The molecule has 0 saturated heterocycles. The Kier molecular flexibility index (Phi) is 6.80. The molecule has 0 bridgehead atoms. The van der Waals surface area contributed by atoms with Crippen molar-refractivity contribution in [2.45, 2.75) is 54.0 Å². The van der Waals surface area contributed by atoms with Crippen LogP contribution in [-0.4, -0.2) is 11.7 Å². The summed E-state index contributed by atoms with van der Waals surface area (Å²) in [5, 5.41) is 3.07.